The number of carbonyl (C=O) groups is 1. The molecule has 0 bridgehead atoms. The van der Waals surface area contributed by atoms with Crippen molar-refractivity contribution >= 4 is 47.2 Å². The third-order valence-electron chi connectivity index (χ3n) is 3.58. The second kappa shape index (κ2) is 8.17. The molecule has 130 valence electrons. The summed E-state index contributed by atoms with van der Waals surface area (Å²) in [4.78, 5) is 16.2. The van der Waals surface area contributed by atoms with Crippen LogP contribution in [0.1, 0.15) is 18.1 Å². The summed E-state index contributed by atoms with van der Waals surface area (Å²) in [6, 6.07) is 15.1. The molecule has 0 atom stereocenters. The molecule has 0 saturated carbocycles. The fourth-order valence-corrected chi connectivity index (χ4v) is 2.75. The van der Waals surface area contributed by atoms with Gasteiger partial charge in [0.15, 0.2) is 5.70 Å². The van der Waals surface area contributed by atoms with Gasteiger partial charge < -0.3 is 4.74 Å². The van der Waals surface area contributed by atoms with Gasteiger partial charge in [0, 0.05) is 6.08 Å². The Morgan fingerprint density at radius 2 is 1.81 bits per heavy atom. The number of nitrogens with zero attached hydrogens (tertiary/aromatic N) is 1. The highest BCUT2D eigenvalue weighted by Crippen LogP contribution is 2.26. The summed E-state index contributed by atoms with van der Waals surface area (Å²) in [6.45, 7) is 1.91. The van der Waals surface area contributed by atoms with Crippen LogP contribution in [0.4, 0.5) is 0 Å². The first-order valence-electron chi connectivity index (χ1n) is 7.91. The molecule has 0 aliphatic carbocycles. The van der Waals surface area contributed by atoms with E-state index in [2.05, 4.69) is 4.99 Å². The van der Waals surface area contributed by atoms with Crippen LogP contribution in [0.5, 0.6) is 0 Å². The van der Waals surface area contributed by atoms with Gasteiger partial charge in [-0.1, -0.05) is 71.7 Å². The van der Waals surface area contributed by atoms with Crippen molar-refractivity contribution in [1.82, 2.24) is 0 Å². The third-order valence-corrected chi connectivity index (χ3v) is 4.42. The first-order chi connectivity index (χ1) is 12.5. The number of halogens is 2. The molecule has 3 nitrogen and oxygen atoms in total. The van der Waals surface area contributed by atoms with Crippen LogP contribution in [0.15, 0.2) is 76.9 Å². The molecule has 0 unspecified atom stereocenters. The Labute approximate surface area is 161 Å². The van der Waals surface area contributed by atoms with E-state index in [1.165, 1.54) is 0 Å². The number of hydrogen-bond acceptors (Lipinski definition) is 3. The van der Waals surface area contributed by atoms with Crippen LogP contribution in [-0.4, -0.2) is 11.9 Å². The summed E-state index contributed by atoms with van der Waals surface area (Å²) >= 11 is 12.1. The molecule has 0 aromatic heterocycles. The smallest absolute Gasteiger partial charge is 0.363 e. The Hall–Kier alpha value is -2.62. The maximum atomic E-state index is 12.0. The number of hydrogen-bond donors (Lipinski definition) is 0. The minimum absolute atomic E-state index is 0.213. The fourth-order valence-electron chi connectivity index (χ4n) is 2.38. The number of cyclic esters (lactones) is 1. The summed E-state index contributed by atoms with van der Waals surface area (Å²) in [7, 11) is 0. The van der Waals surface area contributed by atoms with Crippen LogP contribution in [0.25, 0.3) is 12.2 Å². The molecule has 2 aromatic rings. The Morgan fingerprint density at radius 1 is 1.04 bits per heavy atom. The molecule has 0 fully saturated rings. The highest BCUT2D eigenvalue weighted by atomic mass is 35.5. The van der Waals surface area contributed by atoms with Crippen LogP contribution in [0.2, 0.25) is 10.0 Å². The predicted molar refractivity (Wildman–Crippen MR) is 107 cm³/mol. The molecule has 0 radical (unpaired) electrons. The predicted octanol–water partition coefficient (Wildman–Crippen LogP) is 5.95. The van der Waals surface area contributed by atoms with Crippen molar-refractivity contribution in [2.24, 2.45) is 4.99 Å². The summed E-state index contributed by atoms with van der Waals surface area (Å²) in [5, 5.41) is 0.897. The average molecular weight is 384 g/mol. The van der Waals surface area contributed by atoms with Crippen molar-refractivity contribution in [3.05, 3.63) is 93.1 Å². The van der Waals surface area contributed by atoms with Gasteiger partial charge >= 0.3 is 5.97 Å². The van der Waals surface area contributed by atoms with Gasteiger partial charge in [-0.05, 0) is 41.8 Å². The first-order valence-corrected chi connectivity index (χ1v) is 8.66. The Bertz CT molecular complexity index is 957. The van der Waals surface area contributed by atoms with Crippen LogP contribution >= 0.6 is 23.2 Å². The Balaban J connectivity index is 1.79. The van der Waals surface area contributed by atoms with Crippen molar-refractivity contribution in [1.29, 1.82) is 0 Å². The van der Waals surface area contributed by atoms with E-state index in [1.807, 2.05) is 49.4 Å². The molecule has 5 heteroatoms. The zero-order valence-corrected chi connectivity index (χ0v) is 15.5. The van der Waals surface area contributed by atoms with Gasteiger partial charge in [-0.15, -0.1) is 0 Å². The van der Waals surface area contributed by atoms with E-state index < -0.39 is 5.97 Å². The number of allylic oxidation sites excluding steroid dienone is 2. The molecule has 3 rings (SSSR count). The number of esters is 1. The van der Waals surface area contributed by atoms with Gasteiger partial charge in [-0.25, -0.2) is 9.79 Å². The molecular formula is C21H15Cl2NO2. The summed E-state index contributed by atoms with van der Waals surface area (Å²) in [5.41, 5.74) is 2.92. The molecule has 1 aliphatic rings. The topological polar surface area (TPSA) is 38.7 Å². The van der Waals surface area contributed by atoms with E-state index in [0.717, 1.165) is 16.7 Å². The van der Waals surface area contributed by atoms with Gasteiger partial charge in [0.25, 0.3) is 0 Å². The van der Waals surface area contributed by atoms with E-state index in [4.69, 9.17) is 27.9 Å². The van der Waals surface area contributed by atoms with E-state index >= 15 is 0 Å². The SMILES string of the molecule is CC(/C=C1N=C(/C=C/c2cccc(Cl)c2Cl)OC\1=O)=C\c1ccccc1. The van der Waals surface area contributed by atoms with Gasteiger partial charge in [-0.3, -0.25) is 0 Å². The van der Waals surface area contributed by atoms with Crippen molar-refractivity contribution in [3.63, 3.8) is 0 Å². The second-order valence-electron chi connectivity index (χ2n) is 5.64. The molecular weight excluding hydrogens is 369 g/mol. The van der Waals surface area contributed by atoms with Crippen molar-refractivity contribution in [2.45, 2.75) is 6.92 Å². The van der Waals surface area contributed by atoms with E-state index in [0.29, 0.717) is 10.0 Å². The molecule has 0 spiro atoms. The summed E-state index contributed by atoms with van der Waals surface area (Å²) < 4.78 is 5.17. The lowest BCUT2D eigenvalue weighted by Gasteiger charge is -1.99. The molecule has 2 aromatic carbocycles. The number of aliphatic imine (C=N–C) groups is 1. The van der Waals surface area contributed by atoms with Gasteiger partial charge in [0.2, 0.25) is 5.90 Å². The fraction of sp³-hybridized carbons (Fsp3) is 0.0476. The molecule has 0 saturated heterocycles. The number of ether oxygens (including phenoxy) is 1. The average Bonchev–Trinajstić information content (AvgIpc) is 2.96. The highest BCUT2D eigenvalue weighted by Gasteiger charge is 2.21. The number of rotatable bonds is 4. The lowest BCUT2D eigenvalue weighted by molar-refractivity contribution is -0.129. The van der Waals surface area contributed by atoms with Crippen LogP contribution in [0, 0.1) is 0 Å². The van der Waals surface area contributed by atoms with Crippen LogP contribution < -0.4 is 0 Å². The van der Waals surface area contributed by atoms with Crippen LogP contribution in [-0.2, 0) is 9.53 Å². The van der Waals surface area contributed by atoms with Crippen LogP contribution in [0.3, 0.4) is 0 Å². The summed E-state index contributed by atoms with van der Waals surface area (Å²) in [6.07, 6.45) is 6.96. The number of carbonyl (C=O) groups excluding carboxylic acids is 1. The molecule has 0 amide bonds. The Kier molecular flexibility index (Phi) is 5.71. The van der Waals surface area contributed by atoms with E-state index in [1.54, 1.807) is 30.4 Å². The van der Waals surface area contributed by atoms with E-state index in [9.17, 15) is 4.79 Å². The van der Waals surface area contributed by atoms with E-state index in [-0.39, 0.29) is 11.6 Å². The zero-order valence-electron chi connectivity index (χ0n) is 13.9. The zero-order chi connectivity index (χ0) is 18.5. The van der Waals surface area contributed by atoms with Crippen molar-refractivity contribution in [2.75, 3.05) is 0 Å². The quantitative estimate of drug-likeness (QED) is 0.483. The first kappa shape index (κ1) is 18.2. The Morgan fingerprint density at radius 3 is 2.58 bits per heavy atom. The maximum Gasteiger partial charge on any atom is 0.363 e. The third kappa shape index (κ3) is 4.51. The largest absolute Gasteiger partial charge is 0.403 e. The van der Waals surface area contributed by atoms with Gasteiger partial charge in [0.1, 0.15) is 0 Å². The second-order valence-corrected chi connectivity index (χ2v) is 6.43. The van der Waals surface area contributed by atoms with Crippen molar-refractivity contribution in [3.8, 4) is 0 Å². The highest BCUT2D eigenvalue weighted by molar-refractivity contribution is 6.42. The molecule has 26 heavy (non-hydrogen) atoms. The number of benzene rings is 2. The minimum atomic E-state index is -0.484. The normalized spacial score (nSPS) is 16.3. The van der Waals surface area contributed by atoms with Crippen molar-refractivity contribution < 1.29 is 9.53 Å². The molecule has 0 N–H and O–H groups in total. The lowest BCUT2D eigenvalue weighted by atomic mass is 10.1. The minimum Gasteiger partial charge on any atom is -0.403 e. The lowest BCUT2D eigenvalue weighted by Crippen LogP contribution is -2.01. The van der Waals surface area contributed by atoms with Gasteiger partial charge in [-0.2, -0.15) is 0 Å². The maximum absolute atomic E-state index is 12.0. The molecule has 1 aliphatic heterocycles. The molecule has 1 heterocycles. The standard InChI is InChI=1S/C21H15Cl2NO2/c1-14(12-15-6-3-2-4-7-15)13-18-21(25)26-19(24-18)11-10-16-8-5-9-17(22)20(16)23/h2-13H,1H3/b11-10+,14-12+,18-13-. The summed E-state index contributed by atoms with van der Waals surface area (Å²) in [5.74, 6) is -0.271. The monoisotopic (exact) mass is 383 g/mol. The van der Waals surface area contributed by atoms with Gasteiger partial charge in [0.05, 0.1) is 10.0 Å².